The molecule has 0 spiro atoms. The number of aromatic nitrogens is 2. The average molecular weight is 574 g/mol. The molecule has 0 bridgehead atoms. The molecule has 0 saturated carbocycles. The van der Waals surface area contributed by atoms with Crippen molar-refractivity contribution in [2.45, 2.75) is 38.7 Å². The van der Waals surface area contributed by atoms with Crippen LogP contribution in [-0.2, 0) is 14.2 Å². The molecule has 3 atom stereocenters. The van der Waals surface area contributed by atoms with Crippen LogP contribution in [0.4, 0.5) is 0 Å². The fourth-order valence-corrected chi connectivity index (χ4v) is 4.90. The normalized spacial score (nSPS) is 19.0. The first-order valence-electron chi connectivity index (χ1n) is 11.9. The van der Waals surface area contributed by atoms with E-state index in [1.165, 1.54) is 0 Å². The summed E-state index contributed by atoms with van der Waals surface area (Å²) in [6.45, 7) is 3.73. The zero-order valence-electron chi connectivity index (χ0n) is 20.5. The van der Waals surface area contributed by atoms with Gasteiger partial charge in [-0.2, -0.15) is 0 Å². The molecule has 3 aromatic carbocycles. The van der Waals surface area contributed by atoms with E-state index in [1.807, 2.05) is 38.1 Å². The second kappa shape index (κ2) is 10.9. The minimum absolute atomic E-state index is 0.133. The second-order valence-electron chi connectivity index (χ2n) is 9.15. The lowest BCUT2D eigenvalue weighted by molar-refractivity contribution is -0.0561. The van der Waals surface area contributed by atoms with Crippen LogP contribution in [0.3, 0.4) is 0 Å². The molecule has 1 fully saturated rings. The number of carbonyl (C=O) groups excluding carboxylic acids is 2. The molecule has 0 N–H and O–H groups in total. The number of nitrogens with zero attached hydrogens (tertiary/aromatic N) is 2. The summed E-state index contributed by atoms with van der Waals surface area (Å²) in [4.78, 5) is 30.0. The van der Waals surface area contributed by atoms with Gasteiger partial charge in [0.2, 0.25) is 5.28 Å². The largest absolute Gasteiger partial charge is 0.459 e. The van der Waals surface area contributed by atoms with Crippen LogP contribution in [-0.4, -0.2) is 40.3 Å². The van der Waals surface area contributed by atoms with Gasteiger partial charge < -0.3 is 14.2 Å². The van der Waals surface area contributed by atoms with Gasteiger partial charge in [-0.25, -0.2) is 14.6 Å². The molecule has 0 radical (unpaired) electrons. The van der Waals surface area contributed by atoms with Crippen molar-refractivity contribution in [2.75, 3.05) is 6.61 Å². The van der Waals surface area contributed by atoms with E-state index in [2.05, 4.69) is 4.98 Å². The van der Waals surface area contributed by atoms with Crippen molar-refractivity contribution in [3.63, 3.8) is 0 Å². The van der Waals surface area contributed by atoms with Crippen LogP contribution in [0.1, 0.15) is 44.5 Å². The highest BCUT2D eigenvalue weighted by molar-refractivity contribution is 6.42. The molecule has 0 aliphatic carbocycles. The molecule has 1 aliphatic rings. The van der Waals surface area contributed by atoms with Crippen LogP contribution in [0, 0.1) is 13.8 Å². The van der Waals surface area contributed by atoms with Crippen LogP contribution in [0.5, 0.6) is 0 Å². The topological polar surface area (TPSA) is 79.7 Å². The van der Waals surface area contributed by atoms with Crippen LogP contribution < -0.4 is 0 Å². The first-order chi connectivity index (χ1) is 18.2. The van der Waals surface area contributed by atoms with Crippen molar-refractivity contribution in [1.82, 2.24) is 9.55 Å². The Morgan fingerprint density at radius 2 is 1.50 bits per heavy atom. The van der Waals surface area contributed by atoms with Gasteiger partial charge in [-0.05, 0) is 61.8 Å². The molecular formula is C28H23Cl3N2O5. The van der Waals surface area contributed by atoms with Gasteiger partial charge in [0.25, 0.3) is 0 Å². The van der Waals surface area contributed by atoms with E-state index in [9.17, 15) is 9.59 Å². The van der Waals surface area contributed by atoms with E-state index in [0.717, 1.165) is 11.1 Å². The lowest BCUT2D eigenvalue weighted by Crippen LogP contribution is -2.32. The predicted octanol–water partition coefficient (Wildman–Crippen LogP) is 6.98. The molecule has 5 rings (SSSR count). The van der Waals surface area contributed by atoms with E-state index >= 15 is 0 Å². The third-order valence-electron chi connectivity index (χ3n) is 6.37. The highest BCUT2D eigenvalue weighted by Gasteiger charge is 2.41. The Morgan fingerprint density at radius 3 is 2.13 bits per heavy atom. The van der Waals surface area contributed by atoms with E-state index in [1.54, 1.807) is 41.0 Å². The fraction of sp³-hybridized carbons (Fsp3) is 0.250. The number of esters is 2. The smallest absolute Gasteiger partial charge is 0.338 e. The summed E-state index contributed by atoms with van der Waals surface area (Å²) in [5.41, 5.74) is 4.01. The quantitative estimate of drug-likeness (QED) is 0.232. The van der Waals surface area contributed by atoms with E-state index in [0.29, 0.717) is 32.2 Å². The summed E-state index contributed by atoms with van der Waals surface area (Å²) in [6, 6.07) is 17.4. The van der Waals surface area contributed by atoms with Gasteiger partial charge in [-0.15, -0.1) is 0 Å². The number of imidazole rings is 1. The van der Waals surface area contributed by atoms with Crippen LogP contribution in [0.15, 0.2) is 60.7 Å². The van der Waals surface area contributed by atoms with E-state index < -0.39 is 30.4 Å². The zero-order chi connectivity index (χ0) is 27.0. The molecule has 4 aromatic rings. The first kappa shape index (κ1) is 26.5. The molecule has 7 nitrogen and oxygen atoms in total. The highest BCUT2D eigenvalue weighted by Crippen LogP contribution is 2.38. The third-order valence-corrected chi connectivity index (χ3v) is 7.36. The summed E-state index contributed by atoms with van der Waals surface area (Å²) in [5.74, 6) is -1.02. The average Bonchev–Trinajstić information content (AvgIpc) is 3.42. The number of benzene rings is 3. The fourth-order valence-electron chi connectivity index (χ4n) is 4.29. The van der Waals surface area contributed by atoms with E-state index in [-0.39, 0.29) is 18.3 Å². The maximum Gasteiger partial charge on any atom is 0.338 e. The van der Waals surface area contributed by atoms with Gasteiger partial charge in [0.05, 0.1) is 32.2 Å². The number of aryl methyl sites for hydroxylation is 2. The van der Waals surface area contributed by atoms with Gasteiger partial charge >= 0.3 is 11.9 Å². The lowest BCUT2D eigenvalue weighted by Gasteiger charge is -2.19. The van der Waals surface area contributed by atoms with Crippen molar-refractivity contribution >= 4 is 57.8 Å². The van der Waals surface area contributed by atoms with Crippen molar-refractivity contribution in [3.8, 4) is 0 Å². The van der Waals surface area contributed by atoms with Crippen LogP contribution >= 0.6 is 34.8 Å². The van der Waals surface area contributed by atoms with Crippen molar-refractivity contribution in [1.29, 1.82) is 0 Å². The van der Waals surface area contributed by atoms with Crippen molar-refractivity contribution in [3.05, 3.63) is 98.2 Å². The maximum atomic E-state index is 12.9. The Bertz CT molecular complexity index is 1500. The highest BCUT2D eigenvalue weighted by atomic mass is 35.5. The van der Waals surface area contributed by atoms with E-state index in [4.69, 9.17) is 49.0 Å². The number of hydrogen-bond acceptors (Lipinski definition) is 6. The van der Waals surface area contributed by atoms with Gasteiger partial charge in [0.15, 0.2) is 0 Å². The molecule has 0 unspecified atom stereocenters. The minimum atomic E-state index is -0.750. The molecule has 38 heavy (non-hydrogen) atoms. The van der Waals surface area contributed by atoms with Crippen molar-refractivity contribution in [2.24, 2.45) is 0 Å². The van der Waals surface area contributed by atoms with Crippen LogP contribution in [0.2, 0.25) is 15.3 Å². The number of ether oxygens (including phenoxy) is 3. The van der Waals surface area contributed by atoms with Gasteiger partial charge in [0, 0.05) is 6.42 Å². The van der Waals surface area contributed by atoms with Gasteiger partial charge in [-0.3, -0.25) is 4.57 Å². The zero-order valence-corrected chi connectivity index (χ0v) is 22.8. The molecular weight excluding hydrogens is 551 g/mol. The third kappa shape index (κ3) is 5.52. The lowest BCUT2D eigenvalue weighted by atomic mass is 10.1. The summed E-state index contributed by atoms with van der Waals surface area (Å²) in [5, 5.41) is 0.837. The summed E-state index contributed by atoms with van der Waals surface area (Å²) in [6.07, 6.45) is -1.89. The number of rotatable bonds is 6. The Balaban J connectivity index is 1.40. The standard InChI is InChI=1S/C28H23Cl3N2O5/c1-15-3-7-17(8-4-15)26(34)36-14-24-23(38-27(35)18-9-5-16(2)6-10-18)13-25(37-24)33-22-12-20(30)19(29)11-21(22)32-28(33)31/h3-12,23-25H,13-14H2,1-2H3/t23-,24+,25-/m0/s1. The monoisotopic (exact) mass is 572 g/mol. The molecule has 0 amide bonds. The summed E-state index contributed by atoms with van der Waals surface area (Å²) < 4.78 is 19.3. The Kier molecular flexibility index (Phi) is 7.63. The molecule has 196 valence electrons. The Hall–Kier alpha value is -3.10. The first-order valence-corrected chi connectivity index (χ1v) is 13.0. The molecule has 1 aliphatic heterocycles. The van der Waals surface area contributed by atoms with Gasteiger partial charge in [-0.1, -0.05) is 58.6 Å². The molecule has 1 aromatic heterocycles. The molecule has 2 heterocycles. The summed E-state index contributed by atoms with van der Waals surface area (Å²) >= 11 is 18.9. The van der Waals surface area contributed by atoms with Crippen molar-refractivity contribution < 1.29 is 23.8 Å². The predicted molar refractivity (Wildman–Crippen MR) is 145 cm³/mol. The number of carbonyl (C=O) groups is 2. The number of fused-ring (bicyclic) bond motifs is 1. The number of hydrogen-bond donors (Lipinski definition) is 0. The number of halogens is 3. The minimum Gasteiger partial charge on any atom is -0.459 e. The van der Waals surface area contributed by atoms with Crippen LogP contribution in [0.25, 0.3) is 11.0 Å². The van der Waals surface area contributed by atoms with Gasteiger partial charge in [0.1, 0.15) is 25.0 Å². The second-order valence-corrected chi connectivity index (χ2v) is 10.3. The maximum absolute atomic E-state index is 12.9. The molecule has 10 heteroatoms. The summed E-state index contributed by atoms with van der Waals surface area (Å²) in [7, 11) is 0. The SMILES string of the molecule is Cc1ccc(C(=O)OC[C@H]2O[C@H](n3c(Cl)nc4cc(Cl)c(Cl)cc43)C[C@@H]2OC(=O)c2ccc(C)cc2)cc1. The Morgan fingerprint density at radius 1 is 0.921 bits per heavy atom. The molecule has 1 saturated heterocycles. The Labute approximate surface area is 234 Å².